The molecule has 3 aromatic heterocycles. The van der Waals surface area contributed by atoms with Crippen LogP contribution >= 0.6 is 0 Å². The summed E-state index contributed by atoms with van der Waals surface area (Å²) in [6.45, 7) is 7.50. The van der Waals surface area contributed by atoms with E-state index in [0.717, 1.165) is 29.3 Å². The van der Waals surface area contributed by atoms with Crippen LogP contribution in [0, 0.1) is 6.92 Å². The Balaban J connectivity index is 1.44. The van der Waals surface area contributed by atoms with E-state index in [0.29, 0.717) is 34.5 Å². The summed E-state index contributed by atoms with van der Waals surface area (Å²) in [5.74, 6) is 1.03. The van der Waals surface area contributed by atoms with Crippen LogP contribution in [0.5, 0.6) is 5.75 Å². The molecular weight excluding hydrogens is 500 g/mol. The minimum atomic E-state index is -0.560. The molecule has 1 amide bonds. The van der Waals surface area contributed by atoms with Crippen LogP contribution in [0.25, 0.3) is 33.2 Å². The van der Waals surface area contributed by atoms with Crippen molar-refractivity contribution in [3.05, 3.63) is 46.6 Å². The second-order valence-corrected chi connectivity index (χ2v) is 11.0. The maximum Gasteiger partial charge on any atom is 0.407 e. The number of alkyl carbamates (subject to hydrolysis) is 1. The van der Waals surface area contributed by atoms with Crippen molar-refractivity contribution < 1.29 is 19.0 Å². The van der Waals surface area contributed by atoms with E-state index in [1.807, 2.05) is 53.1 Å². The molecule has 1 fully saturated rings. The van der Waals surface area contributed by atoms with Crippen molar-refractivity contribution in [1.82, 2.24) is 29.6 Å². The number of amides is 1. The molecule has 1 saturated carbocycles. The molecule has 4 aromatic rings. The van der Waals surface area contributed by atoms with Gasteiger partial charge in [0.25, 0.3) is 5.56 Å². The molecule has 39 heavy (non-hydrogen) atoms. The van der Waals surface area contributed by atoms with Gasteiger partial charge in [0.15, 0.2) is 12.6 Å². The molecule has 1 aliphatic rings. The lowest BCUT2D eigenvalue weighted by atomic mass is 10.0. The number of aryl methyl sites for hydroxylation is 2. The largest absolute Gasteiger partial charge is 0.466 e. The Labute approximate surface area is 226 Å². The van der Waals surface area contributed by atoms with Gasteiger partial charge < -0.3 is 24.1 Å². The highest BCUT2D eigenvalue weighted by molar-refractivity contribution is 5.91. The lowest BCUT2D eigenvalue weighted by Crippen LogP contribution is -2.38. The second-order valence-electron chi connectivity index (χ2n) is 11.0. The van der Waals surface area contributed by atoms with E-state index in [-0.39, 0.29) is 24.4 Å². The molecule has 0 bridgehead atoms. The number of nitrogens with one attached hydrogen (secondary N) is 1. The van der Waals surface area contributed by atoms with Crippen LogP contribution in [0.1, 0.15) is 51.6 Å². The van der Waals surface area contributed by atoms with Crippen LogP contribution in [0.3, 0.4) is 0 Å². The molecular formula is C28H34N6O5. The van der Waals surface area contributed by atoms with Gasteiger partial charge in [-0.15, -0.1) is 0 Å². The zero-order valence-electron chi connectivity index (χ0n) is 23.1. The quantitative estimate of drug-likeness (QED) is 0.364. The number of methoxy groups -OCH3 is 1. The Hall–Kier alpha value is -3.99. The van der Waals surface area contributed by atoms with E-state index >= 15 is 0 Å². The van der Waals surface area contributed by atoms with Crippen molar-refractivity contribution in [1.29, 1.82) is 0 Å². The van der Waals surface area contributed by atoms with E-state index < -0.39 is 11.7 Å². The van der Waals surface area contributed by atoms with E-state index in [1.54, 1.807) is 28.8 Å². The van der Waals surface area contributed by atoms with Crippen molar-refractivity contribution >= 4 is 27.9 Å². The molecule has 0 unspecified atom stereocenters. The molecule has 3 heterocycles. The molecule has 1 aliphatic carbocycles. The number of carbonyl (C=O) groups is 1. The number of aromatic nitrogens is 5. The van der Waals surface area contributed by atoms with E-state index in [2.05, 4.69) is 15.4 Å². The molecule has 2 atom stereocenters. The van der Waals surface area contributed by atoms with Gasteiger partial charge in [-0.05, 0) is 59.1 Å². The first-order valence-corrected chi connectivity index (χ1v) is 13.0. The molecule has 0 aliphatic heterocycles. The SMILES string of the molecule is COCOc1c(-c2ncc3c(=O)n([C@@H]4CC[C@@H](NC(=O)OC(C)(C)C)C4)ccc3n2)cc2cn(C)nc2c1C. The highest BCUT2D eigenvalue weighted by Gasteiger charge is 2.29. The van der Waals surface area contributed by atoms with Gasteiger partial charge in [-0.25, -0.2) is 14.8 Å². The first-order chi connectivity index (χ1) is 18.5. The van der Waals surface area contributed by atoms with Gasteiger partial charge in [-0.3, -0.25) is 9.48 Å². The predicted molar refractivity (Wildman–Crippen MR) is 147 cm³/mol. The number of fused-ring (bicyclic) bond motifs is 2. The maximum atomic E-state index is 13.4. The van der Waals surface area contributed by atoms with Gasteiger partial charge in [0.05, 0.1) is 22.0 Å². The maximum absolute atomic E-state index is 13.4. The topological polar surface area (TPSA) is 122 Å². The minimum absolute atomic E-state index is 0.0359. The number of pyridine rings is 1. The summed E-state index contributed by atoms with van der Waals surface area (Å²) in [4.78, 5) is 34.9. The van der Waals surface area contributed by atoms with Gasteiger partial charge in [0, 0.05) is 55.8 Å². The molecule has 11 nitrogen and oxygen atoms in total. The monoisotopic (exact) mass is 534 g/mol. The average Bonchev–Trinajstić information content (AvgIpc) is 3.48. The van der Waals surface area contributed by atoms with Crippen LogP contribution in [0.4, 0.5) is 4.79 Å². The summed E-state index contributed by atoms with van der Waals surface area (Å²) >= 11 is 0. The summed E-state index contributed by atoms with van der Waals surface area (Å²) in [6.07, 6.45) is 7.03. The fourth-order valence-corrected chi connectivity index (χ4v) is 5.18. The van der Waals surface area contributed by atoms with Gasteiger partial charge in [-0.2, -0.15) is 5.10 Å². The van der Waals surface area contributed by atoms with E-state index in [1.165, 1.54) is 0 Å². The number of carbonyl (C=O) groups excluding carboxylic acids is 1. The summed E-state index contributed by atoms with van der Waals surface area (Å²) in [5.41, 5.74) is 2.21. The zero-order chi connectivity index (χ0) is 27.9. The van der Waals surface area contributed by atoms with Crippen molar-refractivity contribution in [2.75, 3.05) is 13.9 Å². The molecule has 1 N–H and O–H groups in total. The molecule has 0 saturated heterocycles. The Morgan fingerprint density at radius 1 is 1.26 bits per heavy atom. The Kier molecular flexibility index (Phi) is 7.02. The summed E-state index contributed by atoms with van der Waals surface area (Å²) in [6, 6.07) is 3.69. The third-order valence-corrected chi connectivity index (χ3v) is 6.85. The van der Waals surface area contributed by atoms with Gasteiger partial charge >= 0.3 is 6.09 Å². The van der Waals surface area contributed by atoms with E-state index in [9.17, 15) is 9.59 Å². The lowest BCUT2D eigenvalue weighted by Gasteiger charge is -2.22. The Morgan fingerprint density at radius 3 is 2.79 bits per heavy atom. The number of hydrogen-bond donors (Lipinski definition) is 1. The fraction of sp³-hybridized carbons (Fsp3) is 0.464. The normalized spacial score (nSPS) is 17.6. The molecule has 206 valence electrons. The third kappa shape index (κ3) is 5.44. The predicted octanol–water partition coefficient (Wildman–Crippen LogP) is 4.25. The standard InChI is InChI=1S/C28H34N6O5/c1-16-23-17(14-33(5)32-23)11-20(24(16)38-15-37-6)25-29-13-21-22(31-25)9-10-34(26(21)35)19-8-7-18(12-19)30-27(36)39-28(2,3)4/h9-11,13-14,18-19H,7-8,12,15H2,1-6H3,(H,30,36)/t18-,19-/m1/s1. The van der Waals surface area contributed by atoms with Crippen LogP contribution < -0.4 is 15.6 Å². The second kappa shape index (κ2) is 10.3. The summed E-state index contributed by atoms with van der Waals surface area (Å²) < 4.78 is 19.9. The number of ether oxygens (including phenoxy) is 3. The first-order valence-electron chi connectivity index (χ1n) is 13.0. The number of benzene rings is 1. The summed E-state index contributed by atoms with van der Waals surface area (Å²) in [5, 5.41) is 8.84. The Bertz CT molecular complexity index is 1600. The molecule has 1 aromatic carbocycles. The molecule has 11 heteroatoms. The van der Waals surface area contributed by atoms with Crippen molar-refractivity contribution in [3.8, 4) is 17.1 Å². The van der Waals surface area contributed by atoms with Crippen molar-refractivity contribution in [2.24, 2.45) is 7.05 Å². The summed E-state index contributed by atoms with van der Waals surface area (Å²) in [7, 11) is 3.43. The average molecular weight is 535 g/mol. The smallest absolute Gasteiger partial charge is 0.407 e. The molecule has 0 radical (unpaired) electrons. The lowest BCUT2D eigenvalue weighted by molar-refractivity contribution is 0.0502. The highest BCUT2D eigenvalue weighted by atomic mass is 16.7. The van der Waals surface area contributed by atoms with Crippen molar-refractivity contribution in [2.45, 2.75) is 64.6 Å². The third-order valence-electron chi connectivity index (χ3n) is 6.85. The van der Waals surface area contributed by atoms with Gasteiger partial charge in [-0.1, -0.05) is 0 Å². The number of hydrogen-bond acceptors (Lipinski definition) is 8. The van der Waals surface area contributed by atoms with Crippen molar-refractivity contribution in [3.63, 3.8) is 0 Å². The minimum Gasteiger partial charge on any atom is -0.466 e. The van der Waals surface area contributed by atoms with Crippen LogP contribution in [0.15, 0.2) is 35.5 Å². The highest BCUT2D eigenvalue weighted by Crippen LogP contribution is 2.37. The Morgan fingerprint density at radius 2 is 2.05 bits per heavy atom. The molecule has 5 rings (SSSR count). The molecule has 0 spiro atoms. The zero-order valence-corrected chi connectivity index (χ0v) is 23.1. The van der Waals surface area contributed by atoms with Gasteiger partial charge in [0.1, 0.15) is 11.4 Å². The van der Waals surface area contributed by atoms with Crippen LogP contribution in [-0.2, 0) is 16.5 Å². The first kappa shape index (κ1) is 26.6. The number of rotatable bonds is 6. The van der Waals surface area contributed by atoms with Crippen LogP contribution in [-0.4, -0.2) is 56.0 Å². The fourth-order valence-electron chi connectivity index (χ4n) is 5.18. The van der Waals surface area contributed by atoms with Gasteiger partial charge in [0.2, 0.25) is 0 Å². The number of nitrogens with zero attached hydrogens (tertiary/aromatic N) is 5. The van der Waals surface area contributed by atoms with Crippen LogP contribution in [0.2, 0.25) is 0 Å². The van der Waals surface area contributed by atoms with E-state index in [4.69, 9.17) is 19.2 Å².